The number of hydrogen-bond donors (Lipinski definition) is 1. The highest BCUT2D eigenvalue weighted by molar-refractivity contribution is 5.84. The van der Waals surface area contributed by atoms with E-state index in [0.29, 0.717) is 0 Å². The highest BCUT2D eigenvalue weighted by Crippen LogP contribution is 2.20. The van der Waals surface area contributed by atoms with Crippen LogP contribution in [0.5, 0.6) is 0 Å². The van der Waals surface area contributed by atoms with Crippen molar-refractivity contribution in [1.29, 1.82) is 0 Å². The van der Waals surface area contributed by atoms with Crippen molar-refractivity contribution in [2.45, 2.75) is 20.0 Å². The van der Waals surface area contributed by atoms with Crippen molar-refractivity contribution in [3.63, 3.8) is 0 Å². The number of hydrogen-bond acceptors (Lipinski definition) is 4. The number of anilines is 1. The van der Waals surface area contributed by atoms with Gasteiger partial charge in [0.1, 0.15) is 0 Å². The van der Waals surface area contributed by atoms with Crippen LogP contribution in [0.15, 0.2) is 23.4 Å². The van der Waals surface area contributed by atoms with Gasteiger partial charge in [-0.2, -0.15) is 0 Å². The van der Waals surface area contributed by atoms with Crippen LogP contribution in [0, 0.1) is 18.8 Å². The third-order valence-electron chi connectivity index (χ3n) is 2.54. The molecule has 0 aromatic heterocycles. The number of carbonyl (C=O) groups excluding carboxylic acids is 1. The second-order valence-electron chi connectivity index (χ2n) is 4.15. The van der Waals surface area contributed by atoms with Gasteiger partial charge in [0.25, 0.3) is 5.91 Å². The van der Waals surface area contributed by atoms with E-state index in [0.717, 1.165) is 16.8 Å². The number of nitroso groups, excluding NO2 is 1. The van der Waals surface area contributed by atoms with Gasteiger partial charge in [-0.25, -0.2) is 0 Å². The number of carbonyl (C=O) groups is 1. The Balaban J connectivity index is 2.96. The number of rotatable bonds is 4. The molecule has 0 saturated heterocycles. The Morgan fingerprint density at radius 2 is 1.82 bits per heavy atom. The van der Waals surface area contributed by atoms with Gasteiger partial charge in [-0.05, 0) is 30.2 Å². The van der Waals surface area contributed by atoms with Crippen molar-refractivity contribution in [3.05, 3.63) is 34.2 Å². The lowest BCUT2D eigenvalue weighted by Crippen LogP contribution is -2.37. The minimum Gasteiger partial charge on any atom is -0.353 e. The number of likely N-dealkylation sites (N-methyl/N-ethyl adjacent to an activating group) is 1. The SMILES string of the molecule is Cc1cccc(C)c1NC(N=O)C(=O)N(C)C. The average molecular weight is 235 g/mol. The number of nitrogens with zero attached hydrogens (tertiary/aromatic N) is 2. The Labute approximate surface area is 101 Å². The molecule has 0 fully saturated rings. The first-order chi connectivity index (χ1) is 7.97. The fourth-order valence-corrected chi connectivity index (χ4v) is 1.56. The number of benzene rings is 1. The molecule has 0 bridgehead atoms. The zero-order valence-electron chi connectivity index (χ0n) is 10.5. The monoisotopic (exact) mass is 235 g/mol. The molecule has 0 aliphatic rings. The zero-order chi connectivity index (χ0) is 13.0. The van der Waals surface area contributed by atoms with E-state index in [1.807, 2.05) is 32.0 Å². The third-order valence-corrected chi connectivity index (χ3v) is 2.54. The van der Waals surface area contributed by atoms with Gasteiger partial charge in [0.2, 0.25) is 6.17 Å². The van der Waals surface area contributed by atoms with Gasteiger partial charge in [-0.1, -0.05) is 18.2 Å². The average Bonchev–Trinajstić information content (AvgIpc) is 2.28. The van der Waals surface area contributed by atoms with Crippen molar-refractivity contribution in [2.75, 3.05) is 19.4 Å². The second-order valence-corrected chi connectivity index (χ2v) is 4.15. The maximum Gasteiger partial charge on any atom is 0.271 e. The molecule has 0 aliphatic heterocycles. The minimum absolute atomic E-state index is 0.359. The van der Waals surface area contributed by atoms with Gasteiger partial charge in [0.15, 0.2) is 0 Å². The predicted octanol–water partition coefficient (Wildman–Crippen LogP) is 1.90. The highest BCUT2D eigenvalue weighted by atomic mass is 16.3. The molecule has 0 radical (unpaired) electrons. The Morgan fingerprint density at radius 3 is 2.24 bits per heavy atom. The quantitative estimate of drug-likeness (QED) is 0.811. The molecule has 1 rings (SSSR count). The Hall–Kier alpha value is -1.91. The van der Waals surface area contributed by atoms with E-state index in [-0.39, 0.29) is 5.91 Å². The van der Waals surface area contributed by atoms with Crippen molar-refractivity contribution < 1.29 is 4.79 Å². The van der Waals surface area contributed by atoms with Crippen LogP contribution >= 0.6 is 0 Å². The van der Waals surface area contributed by atoms with E-state index in [9.17, 15) is 9.70 Å². The number of aryl methyl sites for hydroxylation is 2. The van der Waals surface area contributed by atoms with Crippen LogP contribution in [-0.4, -0.2) is 31.1 Å². The summed E-state index contributed by atoms with van der Waals surface area (Å²) >= 11 is 0. The first-order valence-corrected chi connectivity index (χ1v) is 5.33. The maximum atomic E-state index is 11.7. The van der Waals surface area contributed by atoms with Crippen LogP contribution in [0.3, 0.4) is 0 Å². The van der Waals surface area contributed by atoms with E-state index in [1.54, 1.807) is 14.1 Å². The summed E-state index contributed by atoms with van der Waals surface area (Å²) in [5.74, 6) is -0.359. The smallest absolute Gasteiger partial charge is 0.271 e. The van der Waals surface area contributed by atoms with Crippen LogP contribution in [0.1, 0.15) is 11.1 Å². The molecular formula is C12H17N3O2. The number of amides is 1. The van der Waals surface area contributed by atoms with Gasteiger partial charge < -0.3 is 10.2 Å². The summed E-state index contributed by atoms with van der Waals surface area (Å²) < 4.78 is 0. The van der Waals surface area contributed by atoms with E-state index in [2.05, 4.69) is 10.5 Å². The van der Waals surface area contributed by atoms with E-state index < -0.39 is 6.17 Å². The predicted molar refractivity (Wildman–Crippen MR) is 67.8 cm³/mol. The minimum atomic E-state index is -1.08. The molecule has 1 aromatic carbocycles. The largest absolute Gasteiger partial charge is 0.353 e. The van der Waals surface area contributed by atoms with Crippen LogP contribution in [0.2, 0.25) is 0 Å². The van der Waals surface area contributed by atoms with Crippen LogP contribution in [0.25, 0.3) is 0 Å². The summed E-state index contributed by atoms with van der Waals surface area (Å²) in [4.78, 5) is 23.7. The normalized spacial score (nSPS) is 11.8. The zero-order valence-corrected chi connectivity index (χ0v) is 10.5. The molecule has 1 N–H and O–H groups in total. The van der Waals surface area contributed by atoms with E-state index >= 15 is 0 Å². The van der Waals surface area contributed by atoms with E-state index in [4.69, 9.17) is 0 Å². The fraction of sp³-hybridized carbons (Fsp3) is 0.417. The Morgan fingerprint density at radius 1 is 1.29 bits per heavy atom. The lowest BCUT2D eigenvalue weighted by molar-refractivity contribution is -0.129. The highest BCUT2D eigenvalue weighted by Gasteiger charge is 2.21. The summed E-state index contributed by atoms with van der Waals surface area (Å²) in [7, 11) is 3.18. The summed E-state index contributed by atoms with van der Waals surface area (Å²) in [6.45, 7) is 3.83. The molecule has 0 spiro atoms. The molecule has 1 aromatic rings. The van der Waals surface area contributed by atoms with E-state index in [1.165, 1.54) is 4.90 Å². The van der Waals surface area contributed by atoms with Crippen molar-refractivity contribution in [1.82, 2.24) is 4.90 Å². The number of para-hydroxylation sites is 1. The molecule has 0 aliphatic carbocycles. The van der Waals surface area contributed by atoms with Gasteiger partial charge >= 0.3 is 0 Å². The molecule has 92 valence electrons. The molecule has 17 heavy (non-hydrogen) atoms. The topological polar surface area (TPSA) is 61.8 Å². The summed E-state index contributed by atoms with van der Waals surface area (Å²) in [6, 6.07) is 5.75. The molecular weight excluding hydrogens is 218 g/mol. The standard InChI is InChI=1S/C12H17N3O2/c1-8-6-5-7-9(2)10(8)13-11(14-17)12(16)15(3)4/h5-7,11,13H,1-4H3. The van der Waals surface area contributed by atoms with Crippen molar-refractivity contribution in [3.8, 4) is 0 Å². The summed E-state index contributed by atoms with van der Waals surface area (Å²) in [6.07, 6.45) is -1.08. The Bertz CT molecular complexity index is 410. The van der Waals surface area contributed by atoms with Crippen molar-refractivity contribution >= 4 is 11.6 Å². The van der Waals surface area contributed by atoms with Gasteiger partial charge in [-0.3, -0.25) is 4.79 Å². The third kappa shape index (κ3) is 3.03. The maximum absolute atomic E-state index is 11.7. The second kappa shape index (κ2) is 5.43. The molecule has 1 amide bonds. The lowest BCUT2D eigenvalue weighted by atomic mass is 10.1. The van der Waals surface area contributed by atoms with Gasteiger partial charge in [0.05, 0.1) is 0 Å². The molecule has 5 nitrogen and oxygen atoms in total. The summed E-state index contributed by atoms with van der Waals surface area (Å²) in [5, 5.41) is 5.71. The molecule has 5 heteroatoms. The Kier molecular flexibility index (Phi) is 4.20. The van der Waals surface area contributed by atoms with Gasteiger partial charge in [-0.15, -0.1) is 4.91 Å². The van der Waals surface area contributed by atoms with Crippen LogP contribution < -0.4 is 5.32 Å². The molecule has 0 heterocycles. The number of nitrogens with one attached hydrogen (secondary N) is 1. The van der Waals surface area contributed by atoms with Crippen LogP contribution in [-0.2, 0) is 4.79 Å². The first-order valence-electron chi connectivity index (χ1n) is 5.33. The first kappa shape index (κ1) is 13.2. The van der Waals surface area contributed by atoms with Gasteiger partial charge in [0, 0.05) is 19.8 Å². The molecule has 0 saturated carbocycles. The molecule has 1 atom stereocenters. The summed E-state index contributed by atoms with van der Waals surface area (Å²) in [5.41, 5.74) is 2.74. The van der Waals surface area contributed by atoms with Crippen LogP contribution in [0.4, 0.5) is 5.69 Å². The lowest BCUT2D eigenvalue weighted by Gasteiger charge is -2.19. The molecule has 1 unspecified atom stereocenters. The fourth-order valence-electron chi connectivity index (χ4n) is 1.56. The van der Waals surface area contributed by atoms with Crippen molar-refractivity contribution in [2.24, 2.45) is 5.18 Å².